The second kappa shape index (κ2) is 7.92. The molecule has 1 aromatic carbocycles. The van der Waals surface area contributed by atoms with Crippen LogP contribution in [-0.4, -0.2) is 32.8 Å². The number of hydrogen-bond donors (Lipinski definition) is 2. The van der Waals surface area contributed by atoms with E-state index in [0.717, 1.165) is 11.3 Å². The molecule has 0 spiro atoms. The summed E-state index contributed by atoms with van der Waals surface area (Å²) in [5.41, 5.74) is 2.88. The topological polar surface area (TPSA) is 84.2 Å². The second-order valence-electron chi connectivity index (χ2n) is 5.96. The zero-order valence-corrected chi connectivity index (χ0v) is 14.5. The van der Waals surface area contributed by atoms with Gasteiger partial charge in [0.2, 0.25) is 5.91 Å². The van der Waals surface area contributed by atoms with E-state index in [1.807, 2.05) is 13.8 Å². The number of carbonyl (C=O) groups excluding carboxylic acids is 1. The van der Waals surface area contributed by atoms with Crippen LogP contribution in [0, 0.1) is 19.7 Å². The van der Waals surface area contributed by atoms with Gasteiger partial charge in [-0.25, -0.2) is 13.9 Å². The van der Waals surface area contributed by atoms with Crippen molar-refractivity contribution in [2.45, 2.75) is 46.1 Å². The van der Waals surface area contributed by atoms with Crippen LogP contribution in [0.5, 0.6) is 0 Å². The highest BCUT2D eigenvalue weighted by Gasteiger charge is 2.21. The normalized spacial score (nSPS) is 12.0. The van der Waals surface area contributed by atoms with Gasteiger partial charge in [-0.1, -0.05) is 13.3 Å². The number of halogens is 1. The van der Waals surface area contributed by atoms with Gasteiger partial charge in [0, 0.05) is 11.3 Å². The van der Waals surface area contributed by atoms with Gasteiger partial charge in [-0.05, 0) is 44.5 Å². The molecule has 0 fully saturated rings. The minimum atomic E-state index is -1.04. The molecule has 2 N–H and O–H groups in total. The minimum Gasteiger partial charge on any atom is -0.480 e. The van der Waals surface area contributed by atoms with Crippen molar-refractivity contribution in [1.29, 1.82) is 0 Å². The molecular weight excluding hydrogens is 325 g/mol. The maximum absolute atomic E-state index is 13.1. The summed E-state index contributed by atoms with van der Waals surface area (Å²) in [4.78, 5) is 23.4. The molecule has 0 saturated carbocycles. The first-order valence-electron chi connectivity index (χ1n) is 8.16. The summed E-state index contributed by atoms with van der Waals surface area (Å²) < 4.78 is 14.7. The van der Waals surface area contributed by atoms with Gasteiger partial charge in [0.15, 0.2) is 0 Å². The molecule has 0 radical (unpaired) electrons. The van der Waals surface area contributed by atoms with E-state index in [9.17, 15) is 14.0 Å². The van der Waals surface area contributed by atoms with Crippen LogP contribution < -0.4 is 5.32 Å². The van der Waals surface area contributed by atoms with E-state index in [-0.39, 0.29) is 18.1 Å². The van der Waals surface area contributed by atoms with Gasteiger partial charge in [-0.3, -0.25) is 4.79 Å². The lowest BCUT2D eigenvalue weighted by molar-refractivity contribution is -0.141. The molecule has 1 heterocycles. The van der Waals surface area contributed by atoms with Crippen LogP contribution in [0.25, 0.3) is 5.69 Å². The Morgan fingerprint density at radius 3 is 2.48 bits per heavy atom. The van der Waals surface area contributed by atoms with Crippen molar-refractivity contribution < 1.29 is 19.1 Å². The third kappa shape index (κ3) is 4.43. The highest BCUT2D eigenvalue weighted by molar-refractivity contribution is 5.85. The standard InChI is InChI=1S/C18H22FN3O3/c1-4-5-16(18(24)25)20-17(23)10-15-11(2)21-22(12(15)3)14-8-6-13(19)7-9-14/h6-9,16H,4-5,10H2,1-3H3,(H,20,23)(H,24,25). The molecule has 0 bridgehead atoms. The van der Waals surface area contributed by atoms with Crippen molar-refractivity contribution in [3.05, 3.63) is 47.0 Å². The Hall–Kier alpha value is -2.70. The van der Waals surface area contributed by atoms with Crippen molar-refractivity contribution >= 4 is 11.9 Å². The van der Waals surface area contributed by atoms with Crippen LogP contribution >= 0.6 is 0 Å². The van der Waals surface area contributed by atoms with Crippen LogP contribution in [0.1, 0.15) is 36.7 Å². The fourth-order valence-corrected chi connectivity index (χ4v) is 2.72. The average Bonchev–Trinajstić information content (AvgIpc) is 2.83. The summed E-state index contributed by atoms with van der Waals surface area (Å²) in [5, 5.41) is 16.1. The molecule has 1 aromatic heterocycles. The third-order valence-corrected chi connectivity index (χ3v) is 4.06. The molecule has 1 atom stereocenters. The van der Waals surface area contributed by atoms with Crippen molar-refractivity contribution in [2.75, 3.05) is 0 Å². The predicted molar refractivity (Wildman–Crippen MR) is 91.2 cm³/mol. The summed E-state index contributed by atoms with van der Waals surface area (Å²) in [6, 6.07) is 5.03. The number of hydrogen-bond acceptors (Lipinski definition) is 3. The second-order valence-corrected chi connectivity index (χ2v) is 5.96. The maximum Gasteiger partial charge on any atom is 0.326 e. The van der Waals surface area contributed by atoms with Gasteiger partial charge in [-0.15, -0.1) is 0 Å². The maximum atomic E-state index is 13.1. The zero-order chi connectivity index (χ0) is 18.6. The van der Waals surface area contributed by atoms with Crippen LogP contribution in [0.15, 0.2) is 24.3 Å². The Morgan fingerprint density at radius 2 is 1.92 bits per heavy atom. The van der Waals surface area contributed by atoms with E-state index in [1.54, 1.807) is 23.7 Å². The van der Waals surface area contributed by atoms with E-state index in [4.69, 9.17) is 5.11 Å². The molecule has 0 aliphatic carbocycles. The number of aryl methyl sites for hydroxylation is 1. The summed E-state index contributed by atoms with van der Waals surface area (Å²) in [6.07, 6.45) is 1.10. The highest BCUT2D eigenvalue weighted by Crippen LogP contribution is 2.19. The number of carboxylic acids is 1. The predicted octanol–water partition coefficient (Wildman–Crippen LogP) is 2.54. The summed E-state index contributed by atoms with van der Waals surface area (Å²) in [7, 11) is 0. The van der Waals surface area contributed by atoms with E-state index >= 15 is 0 Å². The first-order chi connectivity index (χ1) is 11.8. The Morgan fingerprint density at radius 1 is 1.28 bits per heavy atom. The van der Waals surface area contributed by atoms with Crippen LogP contribution in [0.4, 0.5) is 4.39 Å². The third-order valence-electron chi connectivity index (χ3n) is 4.06. The molecule has 25 heavy (non-hydrogen) atoms. The van der Waals surface area contributed by atoms with E-state index in [1.165, 1.54) is 12.1 Å². The van der Waals surface area contributed by atoms with Crippen LogP contribution in [-0.2, 0) is 16.0 Å². The number of nitrogens with one attached hydrogen (secondary N) is 1. The molecule has 2 aromatic rings. The van der Waals surface area contributed by atoms with Gasteiger partial charge in [0.25, 0.3) is 0 Å². The van der Waals surface area contributed by atoms with Gasteiger partial charge in [0.1, 0.15) is 11.9 Å². The molecule has 7 heteroatoms. The number of amides is 1. The number of nitrogens with zero attached hydrogens (tertiary/aromatic N) is 2. The molecule has 6 nitrogen and oxygen atoms in total. The molecule has 1 unspecified atom stereocenters. The number of aromatic nitrogens is 2. The lowest BCUT2D eigenvalue weighted by atomic mass is 10.1. The Bertz CT molecular complexity index is 769. The van der Waals surface area contributed by atoms with Crippen molar-refractivity contribution in [1.82, 2.24) is 15.1 Å². The molecular formula is C18H22FN3O3. The first-order valence-corrected chi connectivity index (χ1v) is 8.16. The fraction of sp³-hybridized carbons (Fsp3) is 0.389. The minimum absolute atomic E-state index is 0.0480. The summed E-state index contributed by atoms with van der Waals surface area (Å²) in [6.45, 7) is 5.48. The quantitative estimate of drug-likeness (QED) is 0.806. The Balaban J connectivity index is 2.19. The fourth-order valence-electron chi connectivity index (χ4n) is 2.72. The summed E-state index contributed by atoms with van der Waals surface area (Å²) >= 11 is 0. The van der Waals surface area contributed by atoms with Crippen molar-refractivity contribution in [3.63, 3.8) is 0 Å². The van der Waals surface area contributed by atoms with Crippen LogP contribution in [0.2, 0.25) is 0 Å². The highest BCUT2D eigenvalue weighted by atomic mass is 19.1. The van der Waals surface area contributed by atoms with Gasteiger partial charge in [-0.2, -0.15) is 5.10 Å². The molecule has 0 aliphatic heterocycles. The van der Waals surface area contributed by atoms with E-state index in [0.29, 0.717) is 24.2 Å². The number of carbonyl (C=O) groups is 2. The largest absolute Gasteiger partial charge is 0.480 e. The molecule has 0 saturated heterocycles. The lowest BCUT2D eigenvalue weighted by Gasteiger charge is -2.13. The Labute approximate surface area is 145 Å². The molecule has 2 rings (SSSR count). The monoisotopic (exact) mass is 347 g/mol. The number of aliphatic carboxylic acids is 1. The van der Waals surface area contributed by atoms with Gasteiger partial charge < -0.3 is 10.4 Å². The van der Waals surface area contributed by atoms with Crippen LogP contribution in [0.3, 0.4) is 0 Å². The molecule has 1 amide bonds. The lowest BCUT2D eigenvalue weighted by Crippen LogP contribution is -2.41. The zero-order valence-electron chi connectivity index (χ0n) is 14.5. The van der Waals surface area contributed by atoms with Gasteiger partial charge in [0.05, 0.1) is 17.8 Å². The smallest absolute Gasteiger partial charge is 0.326 e. The number of benzene rings is 1. The Kier molecular flexibility index (Phi) is 5.90. The van der Waals surface area contributed by atoms with E-state index < -0.39 is 12.0 Å². The number of carboxylic acid groups (broad SMARTS) is 1. The molecule has 134 valence electrons. The average molecular weight is 347 g/mol. The SMILES string of the molecule is CCCC(NC(=O)Cc1c(C)nn(-c2ccc(F)cc2)c1C)C(=O)O. The van der Waals surface area contributed by atoms with Gasteiger partial charge >= 0.3 is 5.97 Å². The molecule has 0 aliphatic rings. The van der Waals surface area contributed by atoms with Crippen molar-refractivity contribution in [2.24, 2.45) is 0 Å². The summed E-state index contributed by atoms with van der Waals surface area (Å²) in [5.74, 6) is -1.73. The van der Waals surface area contributed by atoms with E-state index in [2.05, 4.69) is 10.4 Å². The first kappa shape index (κ1) is 18.6. The van der Waals surface area contributed by atoms with Crippen molar-refractivity contribution in [3.8, 4) is 5.69 Å². The number of rotatable bonds is 7.